The van der Waals surface area contributed by atoms with Crippen molar-refractivity contribution in [2.45, 2.75) is 103 Å². The minimum absolute atomic E-state index is 0.00604. The lowest BCUT2D eigenvalue weighted by atomic mass is 9.95. The van der Waals surface area contributed by atoms with Gasteiger partial charge in [-0.25, -0.2) is 18.6 Å². The fraction of sp³-hybridized carbons (Fsp3) is 0.379. The van der Waals surface area contributed by atoms with Crippen molar-refractivity contribution in [1.29, 1.82) is 10.5 Å². The molecule has 5 aliphatic heterocycles. The van der Waals surface area contributed by atoms with Gasteiger partial charge in [0.15, 0.2) is 11.9 Å². The Morgan fingerprint density at radius 3 is 2.56 bits per heavy atom. The van der Waals surface area contributed by atoms with E-state index < -0.39 is 41.8 Å². The number of cyclic esters (lactones) is 1. The molecule has 0 saturated carbocycles. The highest BCUT2D eigenvalue weighted by Gasteiger charge is 2.45. The highest BCUT2D eigenvalue weighted by molar-refractivity contribution is 7.23. The number of nitriles is 2. The number of aliphatic hydroxyl groups is 1. The molecule has 3 fully saturated rings. The third kappa shape index (κ3) is 8.76. The number of amides is 1. The zero-order valence-electron chi connectivity index (χ0n) is 43.9. The molecule has 0 bridgehead atoms. The number of halogens is 3. The van der Waals surface area contributed by atoms with E-state index in [1.165, 1.54) is 18.2 Å². The summed E-state index contributed by atoms with van der Waals surface area (Å²) in [7, 11) is 0. The van der Waals surface area contributed by atoms with Crippen LogP contribution in [0.1, 0.15) is 93.7 Å². The van der Waals surface area contributed by atoms with Gasteiger partial charge in [-0.1, -0.05) is 45.0 Å². The van der Waals surface area contributed by atoms with Crippen molar-refractivity contribution < 1.29 is 37.7 Å². The number of thiophene rings is 1. The number of nitrogen functional groups attached to an aromatic ring is 1. The van der Waals surface area contributed by atoms with Gasteiger partial charge in [0, 0.05) is 58.1 Å². The summed E-state index contributed by atoms with van der Waals surface area (Å²) >= 11 is 7.91. The summed E-state index contributed by atoms with van der Waals surface area (Å²) in [6.45, 7) is 14.5. The van der Waals surface area contributed by atoms with Gasteiger partial charge in [0.2, 0.25) is 0 Å². The molecule has 0 radical (unpaired) electrons. The van der Waals surface area contributed by atoms with Crippen LogP contribution < -0.4 is 25.7 Å². The number of aliphatic hydroxyl groups excluding tert-OH is 1. The van der Waals surface area contributed by atoms with Crippen LogP contribution in [0.15, 0.2) is 59.4 Å². The van der Waals surface area contributed by atoms with Gasteiger partial charge in [-0.15, -0.1) is 11.3 Å². The van der Waals surface area contributed by atoms with Crippen molar-refractivity contribution in [1.82, 2.24) is 29.3 Å². The number of aryl methyl sites for hydroxylation is 1. The smallest absolute Gasteiger partial charge is 0.340 e. The number of pyridine rings is 2. The fourth-order valence-corrected chi connectivity index (χ4v) is 13.5. The molecule has 21 heteroatoms. The molecule has 1 amide bonds. The van der Waals surface area contributed by atoms with Gasteiger partial charge in [-0.05, 0) is 99.6 Å². The van der Waals surface area contributed by atoms with Gasteiger partial charge >= 0.3 is 12.0 Å². The number of carbonyl (C=O) groups excluding carboxylic acids is 2. The van der Waals surface area contributed by atoms with E-state index >= 15 is 8.78 Å². The fourth-order valence-electron chi connectivity index (χ4n) is 12.3. The van der Waals surface area contributed by atoms with E-state index in [-0.39, 0.29) is 133 Å². The number of piperazine rings is 1. The van der Waals surface area contributed by atoms with Crippen LogP contribution in [-0.4, -0.2) is 103 Å². The number of nitrogens with zero attached hydrogens (tertiary/aromatic N) is 9. The van der Waals surface area contributed by atoms with Crippen LogP contribution in [0.25, 0.3) is 54.4 Å². The number of anilines is 2. The molecule has 79 heavy (non-hydrogen) atoms. The second-order valence-electron chi connectivity index (χ2n) is 20.3. The molecule has 7 aromatic rings. The second kappa shape index (κ2) is 20.8. The van der Waals surface area contributed by atoms with Gasteiger partial charge in [0.1, 0.15) is 53.3 Å². The molecular formula is C58H55ClF2N10O7S. The quantitative estimate of drug-likeness (QED) is 0.0909. The monoisotopic (exact) mass is 1110 g/mol. The van der Waals surface area contributed by atoms with E-state index in [0.29, 0.717) is 29.1 Å². The summed E-state index contributed by atoms with van der Waals surface area (Å²) in [6.07, 6.45) is 2.05. The Balaban J connectivity index is 0.00000326. The SMILES string of the molecule is C=C(C(=O)N1CCN(c2nc(OCC34CCCN3CCC4)nc3c(F)c(-c4ccc(F)c5sc(N)c(C#N)c45)c(Cl)cc23)CC1CC#N)C(C)Oc1ccc2nc3c(c(CC)c2c1)Cn1c-3cc2c(c1=O)COC(=O)C2O.CC. The molecule has 3 aromatic carbocycles. The van der Waals surface area contributed by atoms with Crippen molar-refractivity contribution in [3.8, 4) is 46.4 Å². The Hall–Kier alpha value is -7.75. The number of rotatable bonds is 11. The van der Waals surface area contributed by atoms with Gasteiger partial charge < -0.3 is 39.4 Å². The Kier molecular flexibility index (Phi) is 14.0. The predicted octanol–water partition coefficient (Wildman–Crippen LogP) is 9.28. The second-order valence-corrected chi connectivity index (χ2v) is 21.8. The Labute approximate surface area is 462 Å². The normalized spacial score (nSPS) is 18.5. The third-order valence-corrected chi connectivity index (χ3v) is 17.5. The first-order chi connectivity index (χ1) is 38.1. The molecule has 4 aromatic heterocycles. The molecule has 3 saturated heterocycles. The third-order valence-electron chi connectivity index (χ3n) is 16.2. The average Bonchev–Trinajstić information content (AvgIpc) is 4.46. The lowest BCUT2D eigenvalue weighted by Gasteiger charge is -2.42. The van der Waals surface area contributed by atoms with E-state index in [1.807, 2.05) is 37.8 Å². The largest absolute Gasteiger partial charge is 0.486 e. The topological polar surface area (TPSA) is 226 Å². The van der Waals surface area contributed by atoms with E-state index in [0.717, 1.165) is 66.6 Å². The van der Waals surface area contributed by atoms with Gasteiger partial charge in [-0.3, -0.25) is 14.5 Å². The number of fused-ring (bicyclic) bond motifs is 8. The molecular weight excluding hydrogens is 1050 g/mol. The number of aromatic nitrogens is 4. The van der Waals surface area contributed by atoms with Crippen LogP contribution in [0.5, 0.6) is 11.8 Å². The van der Waals surface area contributed by atoms with E-state index in [2.05, 4.69) is 22.5 Å². The first-order valence-electron chi connectivity index (χ1n) is 26.5. The number of ether oxygens (including phenoxy) is 3. The average molecular weight is 1110 g/mol. The number of hydrogen-bond acceptors (Lipinski definition) is 16. The molecule has 5 aliphatic rings. The van der Waals surface area contributed by atoms with Crippen LogP contribution in [0.3, 0.4) is 0 Å². The van der Waals surface area contributed by atoms with Crippen LogP contribution in [0, 0.1) is 34.3 Å². The zero-order chi connectivity index (χ0) is 55.8. The lowest BCUT2D eigenvalue weighted by Crippen LogP contribution is -2.56. The van der Waals surface area contributed by atoms with Crippen LogP contribution in [0.4, 0.5) is 19.6 Å². The molecule has 0 spiro atoms. The van der Waals surface area contributed by atoms with Gasteiger partial charge in [0.25, 0.3) is 11.5 Å². The van der Waals surface area contributed by atoms with E-state index in [1.54, 1.807) is 34.6 Å². The van der Waals surface area contributed by atoms with Gasteiger partial charge in [-0.2, -0.15) is 20.5 Å². The maximum absolute atomic E-state index is 17.5. The Morgan fingerprint density at radius 2 is 1.82 bits per heavy atom. The highest BCUT2D eigenvalue weighted by Crippen LogP contribution is 2.47. The zero-order valence-corrected chi connectivity index (χ0v) is 45.5. The first-order valence-corrected chi connectivity index (χ1v) is 27.7. The predicted molar refractivity (Wildman–Crippen MR) is 296 cm³/mol. The summed E-state index contributed by atoms with van der Waals surface area (Å²) < 4.78 is 52.4. The Morgan fingerprint density at radius 1 is 1.05 bits per heavy atom. The summed E-state index contributed by atoms with van der Waals surface area (Å²) in [4.78, 5) is 60.8. The molecule has 406 valence electrons. The molecule has 12 rings (SSSR count). The maximum atomic E-state index is 17.5. The first kappa shape index (κ1) is 53.3. The molecule has 3 atom stereocenters. The molecule has 0 aliphatic carbocycles. The maximum Gasteiger partial charge on any atom is 0.340 e. The van der Waals surface area contributed by atoms with Crippen LogP contribution in [0.2, 0.25) is 5.02 Å². The highest BCUT2D eigenvalue weighted by atomic mass is 35.5. The number of hydrogen-bond donors (Lipinski definition) is 2. The molecule has 3 unspecified atom stereocenters. The van der Waals surface area contributed by atoms with Crippen molar-refractivity contribution in [2.24, 2.45) is 0 Å². The van der Waals surface area contributed by atoms with Crippen LogP contribution in [-0.2, 0) is 33.9 Å². The van der Waals surface area contributed by atoms with Crippen molar-refractivity contribution in [2.75, 3.05) is 50.0 Å². The van der Waals surface area contributed by atoms with Gasteiger partial charge in [0.05, 0.1) is 68.4 Å². The van der Waals surface area contributed by atoms with Crippen molar-refractivity contribution in [3.63, 3.8) is 0 Å². The lowest BCUT2D eigenvalue weighted by molar-refractivity contribution is -0.157. The summed E-state index contributed by atoms with van der Waals surface area (Å²) in [5, 5.41) is 32.0. The summed E-state index contributed by atoms with van der Waals surface area (Å²) in [6, 6.07) is 14.6. The molecule has 9 heterocycles. The van der Waals surface area contributed by atoms with Crippen molar-refractivity contribution >= 4 is 77.5 Å². The van der Waals surface area contributed by atoms with Crippen molar-refractivity contribution in [3.05, 3.63) is 109 Å². The molecule has 3 N–H and O–H groups in total. The number of nitrogens with two attached hydrogens (primary N) is 1. The number of esters is 1. The number of carbonyl (C=O) groups is 2. The Bertz CT molecular complexity index is 3880. The molecule has 17 nitrogen and oxygen atoms in total. The standard InChI is InChI=1S/C56H49ClF2N10O7S.C2H6/c1-4-31-33-19-30(7-10-41(33)63-46-37(31)24-69-42(46)21-34-38(53(69)72)25-74-54(73)48(34)70)76-28(3)27(2)52(71)68-18-17-66(23-29(68)11-14-60)51-35-20-39(57)44(32-8-9-40(58)49-43(32)36(22-61)50(62)77-49)45(59)47(35)64-55(65-51)75-26-56-12-5-15-67(56)16-6-13-56;1-2/h7-10,19-21,28-29,48,70H,2,4-6,11-13,15-18,23-26,62H2,1,3H3;1-2H3. The van der Waals surface area contributed by atoms with E-state index in [4.69, 9.17) is 41.5 Å². The van der Waals surface area contributed by atoms with E-state index in [9.17, 15) is 30.0 Å². The minimum Gasteiger partial charge on any atom is -0.486 e. The minimum atomic E-state index is -1.57. The number of benzene rings is 3. The summed E-state index contributed by atoms with van der Waals surface area (Å²) in [5.41, 5.74) is 9.64. The summed E-state index contributed by atoms with van der Waals surface area (Å²) in [5.74, 6) is -1.97. The van der Waals surface area contributed by atoms with Crippen LogP contribution >= 0.6 is 22.9 Å².